The molecule has 2 unspecified atom stereocenters. The van der Waals surface area contributed by atoms with Crippen molar-refractivity contribution in [3.05, 3.63) is 89.1 Å². The standard InChI is InChI=1S/C30H30Cl2F2N4O3/c1-2-38(30(40)41-21-9-7-20(33)8-10-21)27-18-37(16-23(27)19-6-11-24(31)26(34)15-19)29(39)22-12-14-36(17-25(22)32)28-5-3-4-13-35-28/h3-11,13,15,22-23,25,27H,2,12,14,16-18H2,1H3/t22?,23-,25?,27+/m0/s1. The van der Waals surface area contributed by atoms with Crippen molar-refractivity contribution >= 4 is 41.0 Å². The molecule has 2 aromatic carbocycles. The first kappa shape index (κ1) is 29.1. The van der Waals surface area contributed by atoms with Crippen LogP contribution in [0, 0.1) is 17.6 Å². The number of likely N-dealkylation sites (tertiary alicyclic amines) is 1. The molecule has 11 heteroatoms. The summed E-state index contributed by atoms with van der Waals surface area (Å²) in [6.45, 7) is 3.69. The van der Waals surface area contributed by atoms with Gasteiger partial charge in [0.2, 0.25) is 5.91 Å². The summed E-state index contributed by atoms with van der Waals surface area (Å²) in [6.07, 6.45) is 1.63. The number of rotatable bonds is 6. The van der Waals surface area contributed by atoms with E-state index in [0.717, 1.165) is 5.82 Å². The van der Waals surface area contributed by atoms with Crippen LogP contribution in [0.4, 0.5) is 19.4 Å². The summed E-state index contributed by atoms with van der Waals surface area (Å²) in [6, 6.07) is 14.9. The van der Waals surface area contributed by atoms with E-state index in [1.807, 2.05) is 18.2 Å². The highest BCUT2D eigenvalue weighted by atomic mass is 35.5. The minimum atomic E-state index is -0.642. The molecule has 41 heavy (non-hydrogen) atoms. The number of alkyl halides is 1. The van der Waals surface area contributed by atoms with Crippen molar-refractivity contribution in [3.63, 3.8) is 0 Å². The van der Waals surface area contributed by atoms with Crippen LogP contribution in [0.2, 0.25) is 5.02 Å². The maximum absolute atomic E-state index is 14.5. The number of benzene rings is 2. The Balaban J connectivity index is 1.36. The largest absolute Gasteiger partial charge is 0.415 e. The second-order valence-corrected chi connectivity index (χ2v) is 11.2. The van der Waals surface area contributed by atoms with E-state index in [1.165, 1.54) is 41.3 Å². The molecule has 2 aliphatic rings. The number of anilines is 1. The van der Waals surface area contributed by atoms with Crippen LogP contribution in [-0.2, 0) is 4.79 Å². The van der Waals surface area contributed by atoms with Crippen molar-refractivity contribution in [2.24, 2.45) is 5.92 Å². The van der Waals surface area contributed by atoms with E-state index >= 15 is 0 Å². The SMILES string of the molecule is CCN(C(=O)Oc1ccc(F)cc1)[C@@H]1CN(C(=O)C2CCN(c3ccccn3)CC2Cl)C[C@H]1c1ccc(Cl)c(F)c1. The van der Waals surface area contributed by atoms with Gasteiger partial charge in [0.15, 0.2) is 0 Å². The molecule has 2 fully saturated rings. The Kier molecular flexibility index (Phi) is 8.94. The number of amides is 2. The minimum absolute atomic E-state index is 0.0102. The Morgan fingerprint density at radius 1 is 1.07 bits per heavy atom. The lowest BCUT2D eigenvalue weighted by Crippen LogP contribution is -2.49. The lowest BCUT2D eigenvalue weighted by Gasteiger charge is -2.37. The third-order valence-corrected chi connectivity index (χ3v) is 8.55. The van der Waals surface area contributed by atoms with Crippen LogP contribution in [0.25, 0.3) is 0 Å². The molecule has 0 bridgehead atoms. The van der Waals surface area contributed by atoms with Crippen molar-refractivity contribution in [3.8, 4) is 5.75 Å². The van der Waals surface area contributed by atoms with Crippen molar-refractivity contribution in [1.29, 1.82) is 0 Å². The summed E-state index contributed by atoms with van der Waals surface area (Å²) in [5.74, 6) is -0.931. The molecule has 1 aromatic heterocycles. The van der Waals surface area contributed by atoms with Crippen LogP contribution in [-0.4, -0.2) is 70.9 Å². The quantitative estimate of drug-likeness (QED) is 0.326. The van der Waals surface area contributed by atoms with Crippen molar-refractivity contribution < 1.29 is 23.1 Å². The summed E-state index contributed by atoms with van der Waals surface area (Å²) >= 11 is 12.7. The number of piperidine rings is 1. The van der Waals surface area contributed by atoms with Gasteiger partial charge in [-0.15, -0.1) is 11.6 Å². The van der Waals surface area contributed by atoms with E-state index in [-0.39, 0.29) is 36.3 Å². The number of ether oxygens (including phenoxy) is 1. The van der Waals surface area contributed by atoms with Crippen LogP contribution in [0.3, 0.4) is 0 Å². The number of aromatic nitrogens is 1. The van der Waals surface area contributed by atoms with Gasteiger partial charge in [0.05, 0.1) is 22.4 Å². The molecule has 0 spiro atoms. The normalized spacial score (nSPS) is 22.5. The molecule has 0 saturated carbocycles. The first-order chi connectivity index (χ1) is 19.7. The molecule has 4 atom stereocenters. The number of halogens is 4. The molecular formula is C30H30Cl2F2N4O3. The smallest absolute Gasteiger partial charge is 0.410 e. The summed E-state index contributed by atoms with van der Waals surface area (Å²) in [5.41, 5.74) is 0.618. The van der Waals surface area contributed by atoms with Gasteiger partial charge in [0, 0.05) is 44.8 Å². The van der Waals surface area contributed by atoms with Gasteiger partial charge in [-0.05, 0) is 67.4 Å². The maximum Gasteiger partial charge on any atom is 0.415 e. The summed E-state index contributed by atoms with van der Waals surface area (Å²) in [4.78, 5) is 36.8. The zero-order chi connectivity index (χ0) is 29.1. The first-order valence-electron chi connectivity index (χ1n) is 13.5. The van der Waals surface area contributed by atoms with Gasteiger partial charge in [-0.3, -0.25) is 4.79 Å². The highest BCUT2D eigenvalue weighted by molar-refractivity contribution is 6.30. The van der Waals surface area contributed by atoms with E-state index in [1.54, 1.807) is 24.1 Å². The van der Waals surface area contributed by atoms with Crippen LogP contribution in [0.15, 0.2) is 66.9 Å². The molecule has 7 nitrogen and oxygen atoms in total. The zero-order valence-electron chi connectivity index (χ0n) is 22.4. The number of likely N-dealkylation sites (N-methyl/N-ethyl adjacent to an activating group) is 1. The summed E-state index contributed by atoms with van der Waals surface area (Å²) in [7, 11) is 0. The van der Waals surface area contributed by atoms with Crippen molar-refractivity contribution in [2.45, 2.75) is 30.7 Å². The van der Waals surface area contributed by atoms with Gasteiger partial charge in [-0.1, -0.05) is 23.7 Å². The lowest BCUT2D eigenvalue weighted by atomic mass is 9.93. The Morgan fingerprint density at radius 2 is 1.85 bits per heavy atom. The number of carbonyl (C=O) groups is 2. The van der Waals surface area contributed by atoms with Crippen LogP contribution in [0.1, 0.15) is 24.8 Å². The predicted octanol–water partition coefficient (Wildman–Crippen LogP) is 5.96. The highest BCUT2D eigenvalue weighted by Gasteiger charge is 2.45. The molecular weight excluding hydrogens is 573 g/mol. The molecule has 2 saturated heterocycles. The Morgan fingerprint density at radius 3 is 2.51 bits per heavy atom. The third-order valence-electron chi connectivity index (χ3n) is 7.80. The molecule has 3 heterocycles. The topological polar surface area (TPSA) is 66.0 Å². The number of pyridine rings is 1. The predicted molar refractivity (Wildman–Crippen MR) is 154 cm³/mol. The maximum atomic E-state index is 14.5. The minimum Gasteiger partial charge on any atom is -0.410 e. The van der Waals surface area contributed by atoms with E-state index < -0.39 is 41.0 Å². The number of hydrogen-bond acceptors (Lipinski definition) is 5. The molecule has 2 aliphatic heterocycles. The average Bonchev–Trinajstić information content (AvgIpc) is 3.41. The molecule has 0 aliphatic carbocycles. The number of nitrogens with zero attached hydrogens (tertiary/aromatic N) is 4. The summed E-state index contributed by atoms with van der Waals surface area (Å²) in [5, 5.41) is -0.446. The molecule has 2 amide bonds. The number of hydrogen-bond donors (Lipinski definition) is 0. The molecule has 0 N–H and O–H groups in total. The Hall–Kier alpha value is -3.43. The van der Waals surface area contributed by atoms with Crippen molar-refractivity contribution in [1.82, 2.24) is 14.8 Å². The van der Waals surface area contributed by atoms with Gasteiger partial charge in [0.25, 0.3) is 0 Å². The Labute approximate surface area is 247 Å². The molecule has 0 radical (unpaired) electrons. The van der Waals surface area contributed by atoms with E-state index in [2.05, 4.69) is 9.88 Å². The van der Waals surface area contributed by atoms with Crippen molar-refractivity contribution in [2.75, 3.05) is 37.6 Å². The molecule has 3 aromatic rings. The van der Waals surface area contributed by atoms with Gasteiger partial charge in [0.1, 0.15) is 23.2 Å². The summed E-state index contributed by atoms with van der Waals surface area (Å²) < 4.78 is 33.4. The fourth-order valence-corrected chi connectivity index (χ4v) is 6.20. The van der Waals surface area contributed by atoms with E-state index in [0.29, 0.717) is 25.1 Å². The van der Waals surface area contributed by atoms with E-state index in [9.17, 15) is 18.4 Å². The Bertz CT molecular complexity index is 1380. The second-order valence-electron chi connectivity index (χ2n) is 10.2. The highest BCUT2D eigenvalue weighted by Crippen LogP contribution is 2.36. The fraction of sp³-hybridized carbons (Fsp3) is 0.367. The van der Waals surface area contributed by atoms with Crippen LogP contribution in [0.5, 0.6) is 5.75 Å². The van der Waals surface area contributed by atoms with Crippen LogP contribution < -0.4 is 9.64 Å². The van der Waals surface area contributed by atoms with Crippen LogP contribution >= 0.6 is 23.2 Å². The lowest BCUT2D eigenvalue weighted by molar-refractivity contribution is -0.135. The first-order valence-corrected chi connectivity index (χ1v) is 14.3. The van der Waals surface area contributed by atoms with Gasteiger partial charge in [-0.2, -0.15) is 0 Å². The molecule has 5 rings (SSSR count). The van der Waals surface area contributed by atoms with Gasteiger partial charge < -0.3 is 19.4 Å². The van der Waals surface area contributed by atoms with Gasteiger partial charge in [-0.25, -0.2) is 18.6 Å². The number of carbonyl (C=O) groups excluding carboxylic acids is 2. The third kappa shape index (κ3) is 6.41. The fourth-order valence-electron chi connectivity index (χ4n) is 5.68. The average molecular weight is 603 g/mol. The second kappa shape index (κ2) is 12.6. The monoisotopic (exact) mass is 602 g/mol. The van der Waals surface area contributed by atoms with Gasteiger partial charge >= 0.3 is 6.09 Å². The zero-order valence-corrected chi connectivity index (χ0v) is 23.9. The van der Waals surface area contributed by atoms with E-state index in [4.69, 9.17) is 27.9 Å². The molecule has 216 valence electrons.